The average Bonchev–Trinajstić information content (AvgIpc) is 3.39. The monoisotopic (exact) mass is 591 g/mol. The van der Waals surface area contributed by atoms with Gasteiger partial charge in [-0.3, -0.25) is 0 Å². The van der Waals surface area contributed by atoms with Crippen molar-refractivity contribution in [2.24, 2.45) is 5.92 Å². The number of aliphatic hydroxyl groups is 1. The van der Waals surface area contributed by atoms with Crippen molar-refractivity contribution in [2.75, 3.05) is 20.3 Å². The first-order valence-electron chi connectivity index (χ1n) is 15.4. The molecule has 2 aromatic heterocycles. The number of nitrogens with zero attached hydrogens (tertiary/aromatic N) is 2. The Kier molecular flexibility index (Phi) is 8.01. The number of thiophene rings is 1. The SMILES string of the molecule is C=C(CO)C1C(CCOC)c2c(cc(C(C)(C)C)c3ccccc23)-c2cc(-c3cccc4cc(CC(C)C)sc34)nc[n+]21. The second-order valence-corrected chi connectivity index (χ2v) is 14.6. The fourth-order valence-electron chi connectivity index (χ4n) is 6.94. The first-order valence-corrected chi connectivity index (χ1v) is 16.2. The van der Waals surface area contributed by atoms with Crippen LogP contribution in [0, 0.1) is 5.92 Å². The summed E-state index contributed by atoms with van der Waals surface area (Å²) in [4.78, 5) is 6.50. The van der Waals surface area contributed by atoms with Crippen LogP contribution >= 0.6 is 11.3 Å². The van der Waals surface area contributed by atoms with Crippen molar-refractivity contribution in [3.8, 4) is 22.5 Å². The zero-order chi connectivity index (χ0) is 30.5. The maximum atomic E-state index is 10.4. The summed E-state index contributed by atoms with van der Waals surface area (Å²) in [6.45, 7) is 16.3. The first-order chi connectivity index (χ1) is 20.6. The van der Waals surface area contributed by atoms with Crippen molar-refractivity contribution in [3.63, 3.8) is 0 Å². The van der Waals surface area contributed by atoms with E-state index < -0.39 is 0 Å². The van der Waals surface area contributed by atoms with Gasteiger partial charge in [0.2, 0.25) is 0 Å². The molecule has 4 nitrogen and oxygen atoms in total. The van der Waals surface area contributed by atoms with E-state index in [2.05, 4.69) is 106 Å². The van der Waals surface area contributed by atoms with Crippen molar-refractivity contribution in [1.82, 2.24) is 4.98 Å². The van der Waals surface area contributed by atoms with Crippen molar-refractivity contribution in [1.29, 1.82) is 0 Å². The zero-order valence-electron chi connectivity index (χ0n) is 26.3. The van der Waals surface area contributed by atoms with Crippen LogP contribution in [0.5, 0.6) is 0 Å². The fraction of sp³-hybridized carbons (Fsp3) is 0.368. The Morgan fingerprint density at radius 1 is 1.05 bits per heavy atom. The summed E-state index contributed by atoms with van der Waals surface area (Å²) in [5, 5.41) is 14.3. The third-order valence-electron chi connectivity index (χ3n) is 8.83. The molecule has 0 radical (unpaired) electrons. The van der Waals surface area contributed by atoms with Crippen LogP contribution < -0.4 is 4.57 Å². The second-order valence-electron chi connectivity index (χ2n) is 13.4. The topological polar surface area (TPSA) is 46.2 Å². The van der Waals surface area contributed by atoms with Gasteiger partial charge in [-0.1, -0.05) is 77.6 Å². The number of aromatic nitrogens is 2. The minimum Gasteiger partial charge on any atom is -0.392 e. The molecule has 5 heteroatoms. The van der Waals surface area contributed by atoms with E-state index >= 15 is 0 Å². The summed E-state index contributed by atoms with van der Waals surface area (Å²) >= 11 is 1.89. The minimum absolute atomic E-state index is 0.0434. The van der Waals surface area contributed by atoms with E-state index in [9.17, 15) is 5.11 Å². The molecule has 43 heavy (non-hydrogen) atoms. The van der Waals surface area contributed by atoms with Crippen molar-refractivity contribution in [2.45, 2.75) is 64.8 Å². The van der Waals surface area contributed by atoms with Gasteiger partial charge in [0.05, 0.1) is 6.61 Å². The lowest BCUT2D eigenvalue weighted by Gasteiger charge is -2.36. The summed E-state index contributed by atoms with van der Waals surface area (Å²) in [6.07, 6.45) is 3.87. The Balaban J connectivity index is 1.65. The molecule has 0 aliphatic carbocycles. The summed E-state index contributed by atoms with van der Waals surface area (Å²) in [7, 11) is 1.76. The van der Waals surface area contributed by atoms with E-state index in [0.717, 1.165) is 29.8 Å². The van der Waals surface area contributed by atoms with Crippen LogP contribution in [0.4, 0.5) is 0 Å². The first kappa shape index (κ1) is 29.7. The summed E-state index contributed by atoms with van der Waals surface area (Å²) < 4.78 is 9.17. The number of ether oxygens (including phenoxy) is 1. The third kappa shape index (κ3) is 5.32. The quantitative estimate of drug-likeness (QED) is 0.145. The predicted molar refractivity (Wildman–Crippen MR) is 180 cm³/mol. The van der Waals surface area contributed by atoms with Gasteiger partial charge in [-0.05, 0) is 80.2 Å². The number of hydrogen-bond donors (Lipinski definition) is 1. The Morgan fingerprint density at radius 2 is 1.81 bits per heavy atom. The van der Waals surface area contributed by atoms with Gasteiger partial charge in [0.25, 0.3) is 6.33 Å². The number of methoxy groups -OCH3 is 1. The van der Waals surface area contributed by atoms with E-state index in [0.29, 0.717) is 12.5 Å². The van der Waals surface area contributed by atoms with Crippen LogP contribution in [-0.4, -0.2) is 30.4 Å². The van der Waals surface area contributed by atoms with Gasteiger partial charge in [0, 0.05) is 46.4 Å². The molecular formula is C38H43N2O2S+. The molecule has 5 aromatic rings. The highest BCUT2D eigenvalue weighted by molar-refractivity contribution is 7.19. The van der Waals surface area contributed by atoms with Crippen LogP contribution in [0.1, 0.15) is 69.0 Å². The Morgan fingerprint density at radius 3 is 2.51 bits per heavy atom. The average molecular weight is 592 g/mol. The predicted octanol–water partition coefficient (Wildman–Crippen LogP) is 8.79. The van der Waals surface area contributed by atoms with Gasteiger partial charge in [0.15, 0.2) is 5.69 Å². The van der Waals surface area contributed by atoms with Crippen molar-refractivity contribution in [3.05, 3.63) is 95.1 Å². The Labute approximate surface area is 259 Å². The lowest BCUT2D eigenvalue weighted by atomic mass is 9.73. The molecule has 3 heterocycles. The molecule has 0 bridgehead atoms. The van der Waals surface area contributed by atoms with Crippen molar-refractivity contribution < 1.29 is 14.4 Å². The number of benzene rings is 3. The largest absolute Gasteiger partial charge is 0.392 e. The molecule has 1 N–H and O–H groups in total. The molecule has 0 amide bonds. The number of rotatable bonds is 8. The Hall–Kier alpha value is -3.38. The van der Waals surface area contributed by atoms with Gasteiger partial charge >= 0.3 is 0 Å². The smallest absolute Gasteiger partial charge is 0.287 e. The molecule has 2 unspecified atom stereocenters. The van der Waals surface area contributed by atoms with E-state index in [1.807, 2.05) is 17.7 Å². The van der Waals surface area contributed by atoms with Crippen LogP contribution in [0.2, 0.25) is 0 Å². The maximum Gasteiger partial charge on any atom is 0.287 e. The highest BCUT2D eigenvalue weighted by Gasteiger charge is 2.41. The highest BCUT2D eigenvalue weighted by atomic mass is 32.1. The molecule has 6 rings (SSSR count). The summed E-state index contributed by atoms with van der Waals surface area (Å²) in [6, 6.07) is 22.3. The number of aliphatic hydroxyl groups excluding tert-OH is 1. The van der Waals surface area contributed by atoms with E-state index in [1.54, 1.807) is 7.11 Å². The van der Waals surface area contributed by atoms with Crippen LogP contribution in [0.15, 0.2) is 79.1 Å². The van der Waals surface area contributed by atoms with Crippen LogP contribution in [-0.2, 0) is 16.6 Å². The number of fused-ring (bicyclic) bond motifs is 6. The van der Waals surface area contributed by atoms with Gasteiger partial charge in [0.1, 0.15) is 11.7 Å². The van der Waals surface area contributed by atoms with E-state index in [1.165, 1.54) is 48.0 Å². The molecule has 1 aliphatic heterocycles. The highest BCUT2D eigenvalue weighted by Crippen LogP contribution is 2.49. The van der Waals surface area contributed by atoms with Crippen molar-refractivity contribution >= 4 is 32.2 Å². The number of hydrogen-bond acceptors (Lipinski definition) is 4. The summed E-state index contributed by atoms with van der Waals surface area (Å²) in [5.74, 6) is 0.693. The molecule has 0 saturated heterocycles. The molecule has 3 aromatic carbocycles. The standard InChI is InChI=1S/C38H43N2O2S/c1-23(2)17-26-18-25-11-10-14-29(37(25)43-26)33-20-34-31-19-32(38(4,5)6)27-12-8-9-13-28(27)35(31)30(15-16-42-7)36(24(3)21-41)40(34)22-39-33/h8-14,18-20,22-23,30,36,41H,3,15-17,21H2,1-2,4-7H3/q+1. The zero-order valence-corrected chi connectivity index (χ0v) is 27.1. The molecule has 1 aliphatic rings. The normalized spacial score (nSPS) is 16.6. The fourth-order valence-corrected chi connectivity index (χ4v) is 8.33. The third-order valence-corrected chi connectivity index (χ3v) is 10.0. The minimum atomic E-state index is -0.136. The van der Waals surface area contributed by atoms with Crippen LogP contribution in [0.3, 0.4) is 0 Å². The lowest BCUT2D eigenvalue weighted by Crippen LogP contribution is -2.49. The van der Waals surface area contributed by atoms with Gasteiger partial charge < -0.3 is 9.84 Å². The molecule has 2 atom stereocenters. The molecule has 0 saturated carbocycles. The lowest BCUT2D eigenvalue weighted by molar-refractivity contribution is -0.712. The second kappa shape index (κ2) is 11.6. The summed E-state index contributed by atoms with van der Waals surface area (Å²) in [5.41, 5.74) is 7.86. The molecule has 222 valence electrons. The van der Waals surface area contributed by atoms with Gasteiger partial charge in [-0.15, -0.1) is 11.3 Å². The van der Waals surface area contributed by atoms with Gasteiger partial charge in [-0.2, -0.15) is 0 Å². The Bertz CT molecular complexity index is 1830. The van der Waals surface area contributed by atoms with Crippen LogP contribution in [0.25, 0.3) is 43.4 Å². The van der Waals surface area contributed by atoms with E-state index in [-0.39, 0.29) is 24.0 Å². The molecule has 0 spiro atoms. The van der Waals surface area contributed by atoms with Gasteiger partial charge in [-0.25, -0.2) is 4.57 Å². The molecular weight excluding hydrogens is 548 g/mol. The molecule has 0 fully saturated rings. The van der Waals surface area contributed by atoms with E-state index in [4.69, 9.17) is 9.72 Å². The maximum absolute atomic E-state index is 10.4.